The molecule has 0 spiro atoms. The number of fused-ring (bicyclic) bond motifs is 1. The van der Waals surface area contributed by atoms with Crippen LogP contribution in [0.25, 0.3) is 10.9 Å². The number of nitrogens with one attached hydrogen (secondary N) is 2. The van der Waals surface area contributed by atoms with Crippen molar-refractivity contribution in [3.63, 3.8) is 0 Å². The van der Waals surface area contributed by atoms with Gasteiger partial charge in [0.05, 0.1) is 22.3 Å². The number of halogens is 1. The lowest BCUT2D eigenvalue weighted by molar-refractivity contribution is 0.483. The molecule has 0 aliphatic carbocycles. The van der Waals surface area contributed by atoms with E-state index in [4.69, 9.17) is 16.3 Å². The lowest BCUT2D eigenvalue weighted by atomic mass is 10.1. The summed E-state index contributed by atoms with van der Waals surface area (Å²) in [5, 5.41) is 4.49. The van der Waals surface area contributed by atoms with E-state index in [1.165, 1.54) is 6.33 Å². The van der Waals surface area contributed by atoms with Crippen LogP contribution in [0.1, 0.15) is 19.4 Å². The summed E-state index contributed by atoms with van der Waals surface area (Å²) in [5.41, 5.74) is 1.24. The average molecular weight is 507 g/mol. The highest BCUT2D eigenvalue weighted by atomic mass is 35.5. The van der Waals surface area contributed by atoms with Crippen LogP contribution in [0.4, 0.5) is 11.5 Å². The Bertz CT molecular complexity index is 1550. The van der Waals surface area contributed by atoms with Crippen molar-refractivity contribution < 1.29 is 13.2 Å². The molecule has 7 nitrogen and oxygen atoms in total. The summed E-state index contributed by atoms with van der Waals surface area (Å²) in [6.07, 6.45) is 2.58. The van der Waals surface area contributed by atoms with E-state index in [0.717, 1.165) is 22.8 Å². The van der Waals surface area contributed by atoms with Crippen molar-refractivity contribution in [1.29, 1.82) is 0 Å². The van der Waals surface area contributed by atoms with Gasteiger partial charge in [0.2, 0.25) is 10.0 Å². The topological polar surface area (TPSA) is 93.2 Å². The molecule has 0 atom stereocenters. The number of rotatable bonds is 6. The van der Waals surface area contributed by atoms with E-state index in [1.807, 2.05) is 54.6 Å². The van der Waals surface area contributed by atoms with Crippen LogP contribution in [0.5, 0.6) is 11.5 Å². The summed E-state index contributed by atoms with van der Waals surface area (Å²) in [4.78, 5) is 8.71. The molecule has 35 heavy (non-hydrogen) atoms. The van der Waals surface area contributed by atoms with Gasteiger partial charge in [-0.25, -0.2) is 18.4 Å². The molecule has 0 fully saturated rings. The van der Waals surface area contributed by atoms with Crippen LogP contribution >= 0.6 is 11.6 Å². The molecule has 1 aromatic heterocycles. The Labute approximate surface area is 209 Å². The largest absolute Gasteiger partial charge is 0.456 e. The maximum absolute atomic E-state index is 11.6. The molecule has 0 saturated heterocycles. The lowest BCUT2D eigenvalue weighted by Crippen LogP contribution is -2.41. The summed E-state index contributed by atoms with van der Waals surface area (Å²) in [6.45, 7) is 3.40. The van der Waals surface area contributed by atoms with E-state index in [1.54, 1.807) is 26.0 Å². The van der Waals surface area contributed by atoms with Crippen molar-refractivity contribution in [3.05, 3.63) is 83.6 Å². The van der Waals surface area contributed by atoms with E-state index < -0.39 is 15.6 Å². The maximum Gasteiger partial charge on any atom is 0.209 e. The first kappa shape index (κ1) is 24.5. The van der Waals surface area contributed by atoms with Gasteiger partial charge in [-0.3, -0.25) is 0 Å². The SMILES string of the molecule is CC(C)(C#Cc1ccc2ncnc(Nc3ccc(Oc4ccccc4)c(Cl)c3)c2c1)NS(C)(=O)=O. The minimum absolute atomic E-state index is 0.448. The van der Waals surface area contributed by atoms with Gasteiger partial charge in [0.25, 0.3) is 0 Å². The van der Waals surface area contributed by atoms with Gasteiger partial charge in [-0.05, 0) is 62.4 Å². The Morgan fingerprint density at radius 2 is 1.77 bits per heavy atom. The number of anilines is 2. The monoisotopic (exact) mass is 506 g/mol. The predicted molar refractivity (Wildman–Crippen MR) is 140 cm³/mol. The number of para-hydroxylation sites is 1. The zero-order valence-corrected chi connectivity index (χ0v) is 20.9. The van der Waals surface area contributed by atoms with Gasteiger partial charge < -0.3 is 10.1 Å². The van der Waals surface area contributed by atoms with Crippen LogP contribution in [0.15, 0.2) is 73.1 Å². The van der Waals surface area contributed by atoms with Crippen molar-refractivity contribution in [3.8, 4) is 23.3 Å². The molecule has 0 bridgehead atoms. The second-order valence-corrected chi connectivity index (χ2v) is 10.5. The van der Waals surface area contributed by atoms with Crippen molar-refractivity contribution in [2.75, 3.05) is 11.6 Å². The Kier molecular flexibility index (Phi) is 6.94. The molecule has 9 heteroatoms. The zero-order valence-electron chi connectivity index (χ0n) is 19.3. The number of benzene rings is 3. The summed E-state index contributed by atoms with van der Waals surface area (Å²) in [5.74, 6) is 7.82. The summed E-state index contributed by atoms with van der Waals surface area (Å²) in [6, 6.07) is 20.3. The molecular weight excluding hydrogens is 484 g/mol. The smallest absolute Gasteiger partial charge is 0.209 e. The highest BCUT2D eigenvalue weighted by Crippen LogP contribution is 2.33. The van der Waals surface area contributed by atoms with Gasteiger partial charge in [0.1, 0.15) is 23.6 Å². The minimum atomic E-state index is -3.39. The molecule has 0 radical (unpaired) electrons. The zero-order chi connectivity index (χ0) is 25.1. The fraction of sp³-hybridized carbons (Fsp3) is 0.154. The highest BCUT2D eigenvalue weighted by Gasteiger charge is 2.19. The number of nitrogens with zero attached hydrogens (tertiary/aromatic N) is 2. The van der Waals surface area contributed by atoms with Gasteiger partial charge in [-0.15, -0.1) is 0 Å². The highest BCUT2D eigenvalue weighted by molar-refractivity contribution is 7.88. The molecular formula is C26H23ClN4O3S. The fourth-order valence-corrected chi connectivity index (χ4v) is 4.56. The molecule has 4 rings (SSSR count). The van der Waals surface area contributed by atoms with Crippen LogP contribution in [0.2, 0.25) is 5.02 Å². The fourth-order valence-electron chi connectivity index (χ4n) is 3.37. The number of hydrogen-bond donors (Lipinski definition) is 2. The van der Waals surface area contributed by atoms with E-state index in [9.17, 15) is 8.42 Å². The van der Waals surface area contributed by atoms with Crippen LogP contribution in [-0.4, -0.2) is 30.2 Å². The van der Waals surface area contributed by atoms with E-state index in [0.29, 0.717) is 27.9 Å². The van der Waals surface area contributed by atoms with Gasteiger partial charge in [-0.1, -0.05) is 41.6 Å². The summed E-state index contributed by atoms with van der Waals surface area (Å²) in [7, 11) is -3.39. The standard InChI is InChI=1S/C26H23ClN4O3S/c1-26(2,31-35(3,32)33)14-13-18-9-11-23-21(15-18)25(29-17-28-23)30-19-10-12-24(22(27)16-19)34-20-7-5-4-6-8-20/h4-12,15-17,31H,1-3H3,(H,28,29,30). The Balaban J connectivity index is 1.59. The Morgan fingerprint density at radius 1 is 1.00 bits per heavy atom. The molecule has 178 valence electrons. The average Bonchev–Trinajstić information content (AvgIpc) is 2.79. The lowest BCUT2D eigenvalue weighted by Gasteiger charge is -2.17. The molecule has 0 saturated carbocycles. The van der Waals surface area contributed by atoms with Crippen molar-refractivity contribution >= 4 is 44.0 Å². The van der Waals surface area contributed by atoms with E-state index in [2.05, 4.69) is 31.8 Å². The third kappa shape index (κ3) is 6.70. The van der Waals surface area contributed by atoms with Crippen molar-refractivity contribution in [2.45, 2.75) is 19.4 Å². The molecule has 0 unspecified atom stereocenters. The summed E-state index contributed by atoms with van der Waals surface area (Å²) < 4.78 is 31.5. The maximum atomic E-state index is 11.6. The van der Waals surface area contributed by atoms with Crippen molar-refractivity contribution in [2.24, 2.45) is 0 Å². The summed E-state index contributed by atoms with van der Waals surface area (Å²) >= 11 is 6.45. The molecule has 0 aliphatic heterocycles. The first-order valence-corrected chi connectivity index (χ1v) is 12.9. The van der Waals surface area contributed by atoms with Crippen LogP contribution in [0, 0.1) is 11.8 Å². The molecule has 0 aliphatic rings. The molecule has 3 aromatic carbocycles. The van der Waals surface area contributed by atoms with E-state index in [-0.39, 0.29) is 0 Å². The normalized spacial score (nSPS) is 11.5. The second-order valence-electron chi connectivity index (χ2n) is 8.39. The van der Waals surface area contributed by atoms with Gasteiger partial charge >= 0.3 is 0 Å². The van der Waals surface area contributed by atoms with E-state index >= 15 is 0 Å². The van der Waals surface area contributed by atoms with Crippen molar-refractivity contribution in [1.82, 2.24) is 14.7 Å². The van der Waals surface area contributed by atoms with Crippen LogP contribution in [-0.2, 0) is 10.0 Å². The molecule has 0 amide bonds. The predicted octanol–water partition coefficient (Wildman–Crippen LogP) is 5.50. The van der Waals surface area contributed by atoms with Gasteiger partial charge in [-0.2, -0.15) is 4.72 Å². The number of hydrogen-bond acceptors (Lipinski definition) is 6. The number of aromatic nitrogens is 2. The number of sulfonamides is 1. The first-order chi connectivity index (χ1) is 16.6. The Morgan fingerprint density at radius 3 is 2.49 bits per heavy atom. The van der Waals surface area contributed by atoms with Crippen LogP contribution in [0.3, 0.4) is 0 Å². The molecule has 2 N–H and O–H groups in total. The third-order valence-electron chi connectivity index (χ3n) is 4.76. The quantitative estimate of drug-likeness (QED) is 0.335. The number of ether oxygens (including phenoxy) is 1. The molecule has 4 aromatic rings. The van der Waals surface area contributed by atoms with Gasteiger partial charge in [0, 0.05) is 16.6 Å². The Hall–Kier alpha value is -3.64. The van der Waals surface area contributed by atoms with Crippen LogP contribution < -0.4 is 14.8 Å². The van der Waals surface area contributed by atoms with Gasteiger partial charge in [0.15, 0.2) is 0 Å². The minimum Gasteiger partial charge on any atom is -0.456 e. The first-order valence-electron chi connectivity index (χ1n) is 10.6. The molecule has 1 heterocycles. The second kappa shape index (κ2) is 9.92. The third-order valence-corrected chi connectivity index (χ3v) is 5.94.